The maximum atomic E-state index is 12.5. The first-order valence-corrected chi connectivity index (χ1v) is 10.6. The number of hydrogen-bond acceptors (Lipinski definition) is 6. The number of hydrogen-bond donors (Lipinski definition) is 2. The smallest absolute Gasteiger partial charge is 0.273 e. The van der Waals surface area contributed by atoms with Gasteiger partial charge in [-0.2, -0.15) is 0 Å². The van der Waals surface area contributed by atoms with Crippen LogP contribution in [0, 0.1) is 0 Å². The number of benzene rings is 1. The van der Waals surface area contributed by atoms with Crippen molar-refractivity contribution in [2.45, 2.75) is 24.6 Å². The van der Waals surface area contributed by atoms with Gasteiger partial charge in [-0.15, -0.1) is 0 Å². The molecule has 136 valence electrons. The topological polar surface area (TPSA) is 57.3 Å². The van der Waals surface area contributed by atoms with Gasteiger partial charge in [0.25, 0.3) is 5.91 Å². The summed E-state index contributed by atoms with van der Waals surface area (Å²) in [7, 11) is 0. The van der Waals surface area contributed by atoms with Crippen LogP contribution in [0.4, 0.5) is 10.7 Å². The number of rotatable bonds is 10. The molecule has 0 radical (unpaired) electrons. The molecular formula is C18H26N4OS2. The van der Waals surface area contributed by atoms with E-state index in [0.717, 1.165) is 41.1 Å². The van der Waals surface area contributed by atoms with E-state index in [1.54, 1.807) is 11.8 Å². The lowest BCUT2D eigenvalue weighted by Gasteiger charge is -2.17. The molecule has 1 amide bonds. The molecule has 0 bridgehead atoms. The van der Waals surface area contributed by atoms with Crippen LogP contribution in [0.5, 0.6) is 0 Å². The van der Waals surface area contributed by atoms with Crippen LogP contribution in [0.1, 0.15) is 30.8 Å². The highest BCUT2D eigenvalue weighted by Crippen LogP contribution is 2.32. The average Bonchev–Trinajstić information content (AvgIpc) is 3.05. The third-order valence-corrected chi connectivity index (χ3v) is 5.82. The number of carbonyl (C=O) groups is 1. The van der Waals surface area contributed by atoms with Gasteiger partial charge >= 0.3 is 0 Å². The largest absolute Gasteiger partial charge is 0.351 e. The van der Waals surface area contributed by atoms with E-state index in [4.69, 9.17) is 0 Å². The molecule has 0 fully saturated rings. The Morgan fingerprint density at radius 2 is 1.96 bits per heavy atom. The first kappa shape index (κ1) is 19.8. The van der Waals surface area contributed by atoms with Crippen molar-refractivity contribution in [3.05, 3.63) is 36.0 Å². The van der Waals surface area contributed by atoms with Crippen molar-refractivity contribution in [2.75, 3.05) is 37.8 Å². The summed E-state index contributed by atoms with van der Waals surface area (Å²) < 4.78 is 0.881. The predicted molar refractivity (Wildman–Crippen MR) is 108 cm³/mol. The number of carbonyl (C=O) groups excluding carboxylic acids is 1. The van der Waals surface area contributed by atoms with Crippen molar-refractivity contribution >= 4 is 39.7 Å². The molecule has 1 aromatic carbocycles. The van der Waals surface area contributed by atoms with Crippen LogP contribution in [-0.2, 0) is 0 Å². The fourth-order valence-electron chi connectivity index (χ4n) is 2.41. The molecule has 0 aliphatic heterocycles. The first-order chi connectivity index (χ1) is 12.2. The maximum Gasteiger partial charge on any atom is 0.273 e. The lowest BCUT2D eigenvalue weighted by atomic mass is 10.3. The van der Waals surface area contributed by atoms with Crippen LogP contribution >= 0.6 is 23.1 Å². The van der Waals surface area contributed by atoms with Gasteiger partial charge in [0, 0.05) is 12.2 Å². The lowest BCUT2D eigenvalue weighted by molar-refractivity contribution is 0.0948. The molecule has 0 aliphatic carbocycles. The second-order valence-corrected chi connectivity index (χ2v) is 7.54. The molecular weight excluding hydrogens is 352 g/mol. The number of para-hydroxylation sites is 1. The second kappa shape index (κ2) is 10.4. The van der Waals surface area contributed by atoms with Crippen molar-refractivity contribution < 1.29 is 4.79 Å². The molecule has 0 unspecified atom stereocenters. The fourth-order valence-corrected chi connectivity index (χ4v) is 3.89. The van der Waals surface area contributed by atoms with Crippen molar-refractivity contribution in [1.82, 2.24) is 15.2 Å². The van der Waals surface area contributed by atoms with Gasteiger partial charge in [-0.3, -0.25) is 4.79 Å². The summed E-state index contributed by atoms with van der Waals surface area (Å²) in [5.41, 5.74) is 1.43. The summed E-state index contributed by atoms with van der Waals surface area (Å²) in [4.78, 5) is 19.4. The van der Waals surface area contributed by atoms with Gasteiger partial charge in [0.2, 0.25) is 0 Å². The number of anilines is 2. The predicted octanol–water partition coefficient (Wildman–Crippen LogP) is 4.07. The second-order valence-electron chi connectivity index (χ2n) is 5.49. The van der Waals surface area contributed by atoms with Gasteiger partial charge in [0.15, 0.2) is 10.0 Å². The van der Waals surface area contributed by atoms with Crippen molar-refractivity contribution in [3.8, 4) is 0 Å². The highest BCUT2D eigenvalue weighted by Gasteiger charge is 2.18. The van der Waals surface area contributed by atoms with E-state index >= 15 is 0 Å². The van der Waals surface area contributed by atoms with E-state index in [2.05, 4.69) is 34.4 Å². The molecule has 0 spiro atoms. The molecule has 1 heterocycles. The Hall–Kier alpha value is -1.57. The number of thioether (sulfide) groups is 1. The highest BCUT2D eigenvalue weighted by molar-refractivity contribution is 8.00. The van der Waals surface area contributed by atoms with Crippen molar-refractivity contribution in [3.63, 3.8) is 0 Å². The lowest BCUT2D eigenvalue weighted by Crippen LogP contribution is -2.30. The monoisotopic (exact) mass is 378 g/mol. The molecule has 2 rings (SSSR count). The number of aromatic nitrogens is 1. The minimum Gasteiger partial charge on any atom is -0.351 e. The standard InChI is InChI=1S/C18H26N4OS2/c1-4-22(5-2)13-9-12-19-16(23)15-17(25-18(21-15)24-3)20-14-10-7-6-8-11-14/h6-8,10-11,20H,4-5,9,12-13H2,1-3H3,(H,19,23). The normalized spacial score (nSPS) is 10.9. The van der Waals surface area contributed by atoms with E-state index in [1.165, 1.54) is 11.3 Å². The Morgan fingerprint density at radius 3 is 2.60 bits per heavy atom. The van der Waals surface area contributed by atoms with Gasteiger partial charge in [0.1, 0.15) is 5.00 Å². The van der Waals surface area contributed by atoms with E-state index < -0.39 is 0 Å². The Bertz CT molecular complexity index is 656. The Kier molecular flexibility index (Phi) is 8.24. The summed E-state index contributed by atoms with van der Waals surface area (Å²) in [6, 6.07) is 9.85. The molecule has 2 aromatic rings. The fraction of sp³-hybridized carbons (Fsp3) is 0.444. The zero-order valence-corrected chi connectivity index (χ0v) is 16.7. The molecule has 2 N–H and O–H groups in total. The molecule has 0 atom stereocenters. The summed E-state index contributed by atoms with van der Waals surface area (Å²) in [6.07, 6.45) is 2.91. The van der Waals surface area contributed by atoms with E-state index in [-0.39, 0.29) is 5.91 Å². The van der Waals surface area contributed by atoms with Crippen molar-refractivity contribution in [1.29, 1.82) is 0 Å². The Labute approximate surface area is 158 Å². The minimum atomic E-state index is -0.116. The third-order valence-electron chi connectivity index (χ3n) is 3.86. The van der Waals surface area contributed by atoms with Gasteiger partial charge in [-0.1, -0.05) is 55.1 Å². The van der Waals surface area contributed by atoms with Crippen molar-refractivity contribution in [2.24, 2.45) is 0 Å². The number of amides is 1. The van der Waals surface area contributed by atoms with E-state index in [1.807, 2.05) is 36.6 Å². The number of thiazole rings is 1. The van der Waals surface area contributed by atoms with Gasteiger partial charge < -0.3 is 15.5 Å². The third kappa shape index (κ3) is 6.02. The molecule has 0 saturated heterocycles. The molecule has 7 heteroatoms. The van der Waals surface area contributed by atoms with Crippen LogP contribution in [-0.4, -0.2) is 48.2 Å². The van der Waals surface area contributed by atoms with E-state index in [9.17, 15) is 4.79 Å². The zero-order chi connectivity index (χ0) is 18.1. The number of nitrogens with one attached hydrogen (secondary N) is 2. The number of nitrogens with zero attached hydrogens (tertiary/aromatic N) is 2. The van der Waals surface area contributed by atoms with Gasteiger partial charge in [0.05, 0.1) is 0 Å². The maximum absolute atomic E-state index is 12.5. The Morgan fingerprint density at radius 1 is 1.24 bits per heavy atom. The average molecular weight is 379 g/mol. The summed E-state index contributed by atoms with van der Waals surface area (Å²) in [6.45, 7) is 8.05. The molecule has 0 aliphatic rings. The molecule has 0 saturated carbocycles. The van der Waals surface area contributed by atoms with E-state index in [0.29, 0.717) is 12.2 Å². The van der Waals surface area contributed by atoms with Gasteiger partial charge in [-0.05, 0) is 44.4 Å². The highest BCUT2D eigenvalue weighted by atomic mass is 32.2. The van der Waals surface area contributed by atoms with Gasteiger partial charge in [-0.25, -0.2) is 4.98 Å². The SMILES string of the molecule is CCN(CC)CCCNC(=O)c1nc(SC)sc1Nc1ccccc1. The van der Waals surface area contributed by atoms with Crippen LogP contribution < -0.4 is 10.6 Å². The quantitative estimate of drug-likeness (QED) is 0.482. The first-order valence-electron chi connectivity index (χ1n) is 8.55. The summed E-state index contributed by atoms with van der Waals surface area (Å²) in [5, 5.41) is 7.09. The Balaban J connectivity index is 1.97. The van der Waals surface area contributed by atoms with Crippen LogP contribution in [0.3, 0.4) is 0 Å². The van der Waals surface area contributed by atoms with Crippen LogP contribution in [0.2, 0.25) is 0 Å². The summed E-state index contributed by atoms with van der Waals surface area (Å²) >= 11 is 3.06. The molecule has 5 nitrogen and oxygen atoms in total. The minimum absolute atomic E-state index is 0.116. The zero-order valence-electron chi connectivity index (χ0n) is 15.0. The van der Waals surface area contributed by atoms with Crippen LogP contribution in [0.25, 0.3) is 0 Å². The molecule has 25 heavy (non-hydrogen) atoms. The summed E-state index contributed by atoms with van der Waals surface area (Å²) in [5.74, 6) is -0.116. The molecule has 1 aromatic heterocycles. The van der Waals surface area contributed by atoms with Crippen LogP contribution in [0.15, 0.2) is 34.7 Å².